The summed E-state index contributed by atoms with van der Waals surface area (Å²) in [6.45, 7) is 5.57. The highest BCUT2D eigenvalue weighted by molar-refractivity contribution is 7.15. The minimum Gasteiger partial charge on any atom is -0.486 e. The van der Waals surface area contributed by atoms with Crippen molar-refractivity contribution in [2.45, 2.75) is 32.7 Å². The monoisotopic (exact) mass is 538 g/mol. The molecule has 1 amide bonds. The lowest BCUT2D eigenvalue weighted by atomic mass is 10.1. The zero-order valence-electron chi connectivity index (χ0n) is 21.6. The van der Waals surface area contributed by atoms with Crippen molar-refractivity contribution in [2.24, 2.45) is 0 Å². The number of hydrogen-bond acceptors (Lipinski definition) is 7. The number of benzene rings is 1. The Morgan fingerprint density at radius 1 is 1.13 bits per heavy atom. The zero-order chi connectivity index (χ0) is 26.6. The van der Waals surface area contributed by atoms with Crippen LogP contribution < -0.4 is 10.3 Å². The van der Waals surface area contributed by atoms with Gasteiger partial charge in [0.15, 0.2) is 5.69 Å². The van der Waals surface area contributed by atoms with Crippen LogP contribution in [-0.4, -0.2) is 74.5 Å². The van der Waals surface area contributed by atoms with Gasteiger partial charge in [-0.2, -0.15) is 0 Å². The van der Waals surface area contributed by atoms with Crippen LogP contribution >= 0.6 is 11.3 Å². The highest BCUT2D eigenvalue weighted by Crippen LogP contribution is 2.31. The Hall–Kier alpha value is -3.57. The summed E-state index contributed by atoms with van der Waals surface area (Å²) in [6, 6.07) is 6.36. The fraction of sp³-hybridized carbons (Fsp3) is 0.407. The number of aromatic nitrogens is 4. The van der Waals surface area contributed by atoms with Crippen LogP contribution in [0.2, 0.25) is 0 Å². The fourth-order valence-corrected chi connectivity index (χ4v) is 5.31. The molecule has 5 rings (SSSR count). The van der Waals surface area contributed by atoms with Crippen molar-refractivity contribution in [3.63, 3.8) is 0 Å². The molecule has 38 heavy (non-hydrogen) atoms. The van der Waals surface area contributed by atoms with Gasteiger partial charge in [0.05, 0.1) is 6.61 Å². The van der Waals surface area contributed by atoms with Gasteiger partial charge in [-0.1, -0.05) is 25.5 Å². The molecule has 0 N–H and O–H groups in total. The fourth-order valence-electron chi connectivity index (χ4n) is 4.38. The summed E-state index contributed by atoms with van der Waals surface area (Å²) in [7, 11) is 2.04. The highest BCUT2D eigenvalue weighted by atomic mass is 32.1. The first kappa shape index (κ1) is 26.1. The number of carbonyl (C=O) groups is 1. The van der Waals surface area contributed by atoms with Crippen molar-refractivity contribution < 1.29 is 13.9 Å². The summed E-state index contributed by atoms with van der Waals surface area (Å²) in [5, 5.41) is 0.561. The molecule has 9 nitrogen and oxygen atoms in total. The van der Waals surface area contributed by atoms with Gasteiger partial charge in [-0.25, -0.2) is 18.8 Å². The van der Waals surface area contributed by atoms with Crippen LogP contribution in [0.1, 0.15) is 30.2 Å². The molecule has 3 aromatic heterocycles. The average Bonchev–Trinajstić information content (AvgIpc) is 3.54. The molecule has 1 aliphatic rings. The van der Waals surface area contributed by atoms with Gasteiger partial charge in [0.2, 0.25) is 17.4 Å². The third-order valence-electron chi connectivity index (χ3n) is 6.66. The first-order valence-corrected chi connectivity index (χ1v) is 13.6. The van der Waals surface area contributed by atoms with Crippen molar-refractivity contribution in [3.8, 4) is 16.5 Å². The average molecular weight is 539 g/mol. The molecule has 0 saturated carbocycles. The molecule has 0 unspecified atom stereocenters. The van der Waals surface area contributed by atoms with E-state index in [0.29, 0.717) is 42.6 Å². The molecular formula is C27H31FN6O3S. The second-order valence-corrected chi connectivity index (χ2v) is 10.6. The first-order valence-electron chi connectivity index (χ1n) is 12.8. The van der Waals surface area contributed by atoms with Crippen LogP contribution in [0.4, 0.5) is 4.39 Å². The lowest BCUT2D eigenvalue weighted by Gasteiger charge is -2.32. The molecule has 0 atom stereocenters. The van der Waals surface area contributed by atoms with Crippen LogP contribution in [0.5, 0.6) is 5.75 Å². The van der Waals surface area contributed by atoms with E-state index in [4.69, 9.17) is 9.72 Å². The number of hydrogen-bond donors (Lipinski definition) is 0. The van der Waals surface area contributed by atoms with Gasteiger partial charge in [-0.05, 0) is 31.2 Å². The number of unbranched alkanes of at least 4 members (excludes halogenated alkanes) is 1. The molecule has 200 valence electrons. The molecule has 0 radical (unpaired) electrons. The molecule has 0 aliphatic carbocycles. The second-order valence-electron chi connectivity index (χ2n) is 9.51. The molecule has 0 spiro atoms. The van der Waals surface area contributed by atoms with E-state index in [1.165, 1.54) is 27.9 Å². The second kappa shape index (κ2) is 11.4. The number of ether oxygens (including phenoxy) is 1. The van der Waals surface area contributed by atoms with Crippen molar-refractivity contribution in [3.05, 3.63) is 69.5 Å². The number of likely N-dealkylation sites (N-methyl/N-ethyl adjacent to an activating group) is 1. The molecule has 0 bridgehead atoms. The van der Waals surface area contributed by atoms with Gasteiger partial charge in [-0.3, -0.25) is 9.59 Å². The summed E-state index contributed by atoms with van der Waals surface area (Å²) in [6.07, 6.45) is 7.39. The predicted molar refractivity (Wildman–Crippen MR) is 144 cm³/mol. The SMILES string of the molecule is CCCCOc1c(-c2ncc(Cc3ccc(F)cc3)s2)nc2n(CC(=O)N3CCN(C)CC3)ccn2c1=O. The number of piperazine rings is 1. The normalized spacial score (nSPS) is 14.3. The van der Waals surface area contributed by atoms with E-state index in [1.54, 1.807) is 35.3 Å². The third-order valence-corrected chi connectivity index (χ3v) is 7.67. The summed E-state index contributed by atoms with van der Waals surface area (Å²) >= 11 is 1.42. The minimum absolute atomic E-state index is 0.00824. The summed E-state index contributed by atoms with van der Waals surface area (Å²) < 4.78 is 22.4. The van der Waals surface area contributed by atoms with Crippen LogP contribution in [-0.2, 0) is 17.8 Å². The van der Waals surface area contributed by atoms with E-state index in [1.807, 2.05) is 11.9 Å². The van der Waals surface area contributed by atoms with Gasteiger partial charge < -0.3 is 19.1 Å². The van der Waals surface area contributed by atoms with E-state index < -0.39 is 0 Å². The van der Waals surface area contributed by atoms with E-state index >= 15 is 0 Å². The molecule has 1 saturated heterocycles. The summed E-state index contributed by atoms with van der Waals surface area (Å²) in [5.41, 5.74) is 0.997. The van der Waals surface area contributed by atoms with Crippen LogP contribution in [0, 0.1) is 5.82 Å². The lowest BCUT2D eigenvalue weighted by Crippen LogP contribution is -2.48. The standard InChI is InChI=1S/C27H31FN6O3S/c1-3-4-15-37-24-23(25-29-17-21(38-25)16-19-5-7-20(28)8-6-19)30-27-33(13-14-34(27)26(24)36)18-22(35)32-11-9-31(2)10-12-32/h5-8,13-14,17H,3-4,9-12,15-16,18H2,1-2H3. The Labute approximate surface area is 224 Å². The van der Waals surface area contributed by atoms with E-state index in [-0.39, 0.29) is 29.6 Å². The van der Waals surface area contributed by atoms with E-state index in [2.05, 4.69) is 16.8 Å². The Morgan fingerprint density at radius 3 is 2.63 bits per heavy atom. The number of thiazole rings is 1. The maximum absolute atomic E-state index is 13.5. The molecule has 1 aliphatic heterocycles. The van der Waals surface area contributed by atoms with E-state index in [9.17, 15) is 14.0 Å². The molecule has 1 fully saturated rings. The van der Waals surface area contributed by atoms with Crippen molar-refractivity contribution in [2.75, 3.05) is 39.8 Å². The lowest BCUT2D eigenvalue weighted by molar-refractivity contribution is -0.133. The van der Waals surface area contributed by atoms with Gasteiger partial charge >= 0.3 is 5.56 Å². The van der Waals surface area contributed by atoms with Gasteiger partial charge in [-0.15, -0.1) is 11.3 Å². The van der Waals surface area contributed by atoms with Gasteiger partial charge in [0.1, 0.15) is 17.4 Å². The smallest absolute Gasteiger partial charge is 0.302 e. The summed E-state index contributed by atoms with van der Waals surface area (Å²) in [5.74, 6) is 0.234. The third kappa shape index (κ3) is 5.63. The Bertz CT molecular complexity index is 1470. The topological polar surface area (TPSA) is 85.0 Å². The Balaban J connectivity index is 1.47. The maximum atomic E-state index is 13.5. The number of carbonyl (C=O) groups excluding carboxylic acids is 1. The number of amides is 1. The van der Waals surface area contributed by atoms with E-state index in [0.717, 1.165) is 36.4 Å². The Kier molecular flexibility index (Phi) is 7.85. The predicted octanol–water partition coefficient (Wildman–Crippen LogP) is 3.30. The quantitative estimate of drug-likeness (QED) is 0.304. The Morgan fingerprint density at radius 2 is 1.89 bits per heavy atom. The van der Waals surface area contributed by atoms with Gasteiger partial charge in [0.25, 0.3) is 0 Å². The summed E-state index contributed by atoms with van der Waals surface area (Å²) in [4.78, 5) is 40.9. The van der Waals surface area contributed by atoms with Crippen molar-refractivity contribution in [1.29, 1.82) is 0 Å². The first-order chi connectivity index (χ1) is 18.4. The molecular weight excluding hydrogens is 507 g/mol. The molecule has 1 aromatic carbocycles. The number of rotatable bonds is 9. The van der Waals surface area contributed by atoms with Crippen LogP contribution in [0.15, 0.2) is 47.7 Å². The van der Waals surface area contributed by atoms with Crippen molar-refractivity contribution in [1.82, 2.24) is 28.7 Å². The van der Waals surface area contributed by atoms with Crippen LogP contribution in [0.3, 0.4) is 0 Å². The number of halogens is 1. The number of fused-ring (bicyclic) bond motifs is 1. The molecule has 11 heteroatoms. The number of imidazole rings is 1. The highest BCUT2D eigenvalue weighted by Gasteiger charge is 2.23. The van der Waals surface area contributed by atoms with Crippen molar-refractivity contribution >= 4 is 23.0 Å². The zero-order valence-corrected chi connectivity index (χ0v) is 22.4. The minimum atomic E-state index is -0.331. The van der Waals surface area contributed by atoms with Crippen LogP contribution in [0.25, 0.3) is 16.5 Å². The number of nitrogens with zero attached hydrogens (tertiary/aromatic N) is 6. The molecule has 4 aromatic rings. The maximum Gasteiger partial charge on any atom is 0.302 e. The molecule has 4 heterocycles. The largest absolute Gasteiger partial charge is 0.486 e. The van der Waals surface area contributed by atoms with Gasteiger partial charge in [0, 0.05) is 56.1 Å².